The number of aromatic amines is 1. The molecule has 0 spiro atoms. The Hall–Kier alpha value is -2.14. The van der Waals surface area contributed by atoms with Gasteiger partial charge in [-0.2, -0.15) is 5.10 Å². The molecule has 1 heterocycles. The summed E-state index contributed by atoms with van der Waals surface area (Å²) >= 11 is 0. The largest absolute Gasteiger partial charge is 0.395 e. The minimum atomic E-state index is -3.54. The van der Waals surface area contributed by atoms with Gasteiger partial charge in [-0.25, -0.2) is 13.1 Å². The molecule has 0 amide bonds. The summed E-state index contributed by atoms with van der Waals surface area (Å²) in [5.74, 6) is 5.73. The SMILES string of the molecule is O=S(=O)(NCc1ccc(C#CCCO)cc1)c1cn[nH]c1. The first-order chi connectivity index (χ1) is 10.1. The highest BCUT2D eigenvalue weighted by Crippen LogP contribution is 2.07. The number of hydrogen-bond donors (Lipinski definition) is 3. The van der Waals surface area contributed by atoms with E-state index in [-0.39, 0.29) is 18.0 Å². The van der Waals surface area contributed by atoms with Crippen molar-refractivity contribution in [3.63, 3.8) is 0 Å². The van der Waals surface area contributed by atoms with E-state index in [0.717, 1.165) is 11.1 Å². The molecular weight excluding hydrogens is 290 g/mol. The van der Waals surface area contributed by atoms with Gasteiger partial charge in [-0.05, 0) is 17.7 Å². The average Bonchev–Trinajstić information content (AvgIpc) is 3.02. The molecule has 0 radical (unpaired) electrons. The molecule has 0 atom stereocenters. The average molecular weight is 305 g/mol. The maximum absolute atomic E-state index is 11.9. The number of rotatable bonds is 5. The fourth-order valence-electron chi connectivity index (χ4n) is 1.57. The van der Waals surface area contributed by atoms with E-state index in [1.54, 1.807) is 12.1 Å². The van der Waals surface area contributed by atoms with Gasteiger partial charge in [0.25, 0.3) is 0 Å². The lowest BCUT2D eigenvalue weighted by molar-refractivity contribution is 0.305. The van der Waals surface area contributed by atoms with Crippen molar-refractivity contribution in [1.82, 2.24) is 14.9 Å². The predicted octanol–water partition coefficient (Wildman–Crippen LogP) is 0.622. The molecule has 0 unspecified atom stereocenters. The molecule has 21 heavy (non-hydrogen) atoms. The molecule has 0 saturated carbocycles. The Labute approximate surface area is 123 Å². The highest BCUT2D eigenvalue weighted by Gasteiger charge is 2.14. The van der Waals surface area contributed by atoms with Gasteiger partial charge in [0.15, 0.2) is 0 Å². The van der Waals surface area contributed by atoms with Crippen LogP contribution in [0.15, 0.2) is 41.6 Å². The molecular formula is C14H15N3O3S. The van der Waals surface area contributed by atoms with Gasteiger partial charge in [0.2, 0.25) is 10.0 Å². The van der Waals surface area contributed by atoms with Gasteiger partial charge in [-0.15, -0.1) is 0 Å². The number of aromatic nitrogens is 2. The summed E-state index contributed by atoms with van der Waals surface area (Å²) in [5.41, 5.74) is 1.65. The summed E-state index contributed by atoms with van der Waals surface area (Å²) in [6, 6.07) is 7.24. The van der Waals surface area contributed by atoms with Gasteiger partial charge in [0, 0.05) is 24.7 Å². The van der Waals surface area contributed by atoms with Crippen LogP contribution < -0.4 is 4.72 Å². The second kappa shape index (κ2) is 7.04. The van der Waals surface area contributed by atoms with Crippen LogP contribution in [0.3, 0.4) is 0 Å². The topological polar surface area (TPSA) is 95.1 Å². The maximum Gasteiger partial charge on any atom is 0.243 e. The highest BCUT2D eigenvalue weighted by atomic mass is 32.2. The molecule has 0 fully saturated rings. The normalized spacial score (nSPS) is 10.9. The Morgan fingerprint density at radius 2 is 2.05 bits per heavy atom. The minimum absolute atomic E-state index is 0.0425. The van der Waals surface area contributed by atoms with Crippen LogP contribution in [0.5, 0.6) is 0 Å². The number of aliphatic hydroxyl groups excluding tert-OH is 1. The molecule has 7 heteroatoms. The quantitative estimate of drug-likeness (QED) is 0.706. The monoisotopic (exact) mass is 305 g/mol. The zero-order valence-corrected chi connectivity index (χ0v) is 12.0. The third-order valence-electron chi connectivity index (χ3n) is 2.67. The van der Waals surface area contributed by atoms with Crippen molar-refractivity contribution in [1.29, 1.82) is 0 Å². The van der Waals surface area contributed by atoms with Gasteiger partial charge < -0.3 is 5.11 Å². The Bertz CT molecular complexity index is 726. The Kier molecular flexibility index (Phi) is 5.11. The van der Waals surface area contributed by atoms with Crippen molar-refractivity contribution in [3.8, 4) is 11.8 Å². The van der Waals surface area contributed by atoms with Crippen molar-refractivity contribution < 1.29 is 13.5 Å². The zero-order chi connectivity index (χ0) is 15.1. The Morgan fingerprint density at radius 3 is 2.67 bits per heavy atom. The number of benzene rings is 1. The molecule has 2 rings (SSSR count). The molecule has 110 valence electrons. The number of aliphatic hydroxyl groups is 1. The molecule has 1 aromatic carbocycles. The molecule has 1 aromatic heterocycles. The number of sulfonamides is 1. The molecule has 2 aromatic rings. The summed E-state index contributed by atoms with van der Waals surface area (Å²) in [4.78, 5) is 0.106. The highest BCUT2D eigenvalue weighted by molar-refractivity contribution is 7.89. The van der Waals surface area contributed by atoms with Crippen molar-refractivity contribution in [2.75, 3.05) is 6.61 Å². The molecule has 0 aliphatic carbocycles. The second-order valence-corrected chi connectivity index (χ2v) is 6.00. The van der Waals surface area contributed by atoms with E-state index in [4.69, 9.17) is 5.11 Å². The summed E-state index contributed by atoms with van der Waals surface area (Å²) in [7, 11) is -3.54. The summed E-state index contributed by atoms with van der Waals surface area (Å²) in [6.45, 7) is 0.235. The van der Waals surface area contributed by atoms with Crippen LogP contribution in [0.1, 0.15) is 17.5 Å². The number of H-pyrrole nitrogens is 1. The maximum atomic E-state index is 11.9. The Balaban J connectivity index is 1.97. The van der Waals surface area contributed by atoms with E-state index < -0.39 is 10.0 Å². The molecule has 3 N–H and O–H groups in total. The van der Waals surface area contributed by atoms with Crippen LogP contribution in [0.25, 0.3) is 0 Å². The van der Waals surface area contributed by atoms with Crippen LogP contribution in [-0.2, 0) is 16.6 Å². The van der Waals surface area contributed by atoms with Crippen molar-refractivity contribution in [2.24, 2.45) is 0 Å². The number of nitrogens with zero attached hydrogens (tertiary/aromatic N) is 1. The van der Waals surface area contributed by atoms with Gasteiger partial charge >= 0.3 is 0 Å². The van der Waals surface area contributed by atoms with E-state index in [1.165, 1.54) is 12.4 Å². The van der Waals surface area contributed by atoms with E-state index in [1.807, 2.05) is 12.1 Å². The summed E-state index contributed by atoms with van der Waals surface area (Å²) in [5, 5.41) is 14.7. The number of hydrogen-bond acceptors (Lipinski definition) is 4. The lowest BCUT2D eigenvalue weighted by Gasteiger charge is -2.04. The Morgan fingerprint density at radius 1 is 1.29 bits per heavy atom. The van der Waals surface area contributed by atoms with Crippen LogP contribution in [0, 0.1) is 11.8 Å². The second-order valence-electron chi connectivity index (χ2n) is 4.23. The number of nitrogens with one attached hydrogen (secondary N) is 2. The van der Waals surface area contributed by atoms with E-state index in [9.17, 15) is 8.42 Å². The lowest BCUT2D eigenvalue weighted by atomic mass is 10.1. The van der Waals surface area contributed by atoms with Crippen LogP contribution >= 0.6 is 0 Å². The van der Waals surface area contributed by atoms with E-state index in [2.05, 4.69) is 26.8 Å². The molecule has 0 bridgehead atoms. The summed E-state index contributed by atoms with van der Waals surface area (Å²) < 4.78 is 26.3. The fraction of sp³-hybridized carbons (Fsp3) is 0.214. The van der Waals surface area contributed by atoms with Crippen molar-refractivity contribution in [2.45, 2.75) is 17.9 Å². The van der Waals surface area contributed by atoms with Gasteiger partial charge in [-0.3, -0.25) is 5.10 Å². The first kappa shape index (κ1) is 15.3. The standard InChI is InChI=1S/C14H15N3O3S/c18-8-2-1-3-12-4-6-13(7-5-12)9-17-21(19,20)14-10-15-16-11-14/h4-7,10-11,17-18H,2,8-9H2,(H,15,16). The molecule has 6 nitrogen and oxygen atoms in total. The van der Waals surface area contributed by atoms with Gasteiger partial charge in [0.1, 0.15) is 4.90 Å². The van der Waals surface area contributed by atoms with Gasteiger partial charge in [0.05, 0.1) is 12.8 Å². The third-order valence-corrected chi connectivity index (χ3v) is 4.04. The smallest absolute Gasteiger partial charge is 0.243 e. The van der Waals surface area contributed by atoms with Gasteiger partial charge in [-0.1, -0.05) is 24.0 Å². The molecule has 0 aliphatic rings. The zero-order valence-electron chi connectivity index (χ0n) is 11.2. The first-order valence-corrected chi connectivity index (χ1v) is 7.77. The molecule has 0 aliphatic heterocycles. The molecule has 0 saturated heterocycles. The predicted molar refractivity (Wildman–Crippen MR) is 77.6 cm³/mol. The lowest BCUT2D eigenvalue weighted by Crippen LogP contribution is -2.22. The van der Waals surface area contributed by atoms with E-state index in [0.29, 0.717) is 6.42 Å². The van der Waals surface area contributed by atoms with E-state index >= 15 is 0 Å². The van der Waals surface area contributed by atoms with Crippen molar-refractivity contribution in [3.05, 3.63) is 47.8 Å². The van der Waals surface area contributed by atoms with Crippen LogP contribution in [0.2, 0.25) is 0 Å². The summed E-state index contributed by atoms with van der Waals surface area (Å²) in [6.07, 6.45) is 3.01. The third kappa shape index (κ3) is 4.43. The minimum Gasteiger partial charge on any atom is -0.395 e. The van der Waals surface area contributed by atoms with Crippen LogP contribution in [0.4, 0.5) is 0 Å². The van der Waals surface area contributed by atoms with Crippen molar-refractivity contribution >= 4 is 10.0 Å². The first-order valence-electron chi connectivity index (χ1n) is 6.29. The fourth-order valence-corrected chi connectivity index (χ4v) is 2.50. The van der Waals surface area contributed by atoms with Crippen LogP contribution in [-0.4, -0.2) is 30.3 Å².